The molecular formula is C4H10Cl2N2Ni. The maximum absolute atomic E-state index is 5.23. The van der Waals surface area contributed by atoms with Crippen LogP contribution in [0.1, 0.15) is 0 Å². The Morgan fingerprint density at radius 1 is 1.44 bits per heavy atom. The number of rotatable bonds is 2. The van der Waals surface area contributed by atoms with Crippen molar-refractivity contribution >= 4 is 20.4 Å². The summed E-state index contributed by atoms with van der Waals surface area (Å²) < 4.78 is 0. The molecule has 1 rings (SSSR count). The fourth-order valence-electron chi connectivity index (χ4n) is 0.477. The number of nitrogens with two attached hydrogens (primary N) is 1. The van der Waals surface area contributed by atoms with Gasteiger partial charge in [-0.05, 0) is 0 Å². The Labute approximate surface area is 70.0 Å². The predicted octanol–water partition coefficient (Wildman–Crippen LogP) is 0.637. The van der Waals surface area contributed by atoms with Gasteiger partial charge in [0.05, 0.1) is 0 Å². The van der Waals surface area contributed by atoms with Crippen molar-refractivity contribution in [1.29, 1.82) is 0 Å². The topological polar surface area (TPSA) is 29.0 Å². The zero-order valence-corrected chi connectivity index (χ0v) is 7.42. The molecule has 0 aliphatic carbocycles. The Kier molecular flexibility index (Phi) is 7.89. The number of nitrogens with zero attached hydrogens (tertiary/aromatic N) is 1. The van der Waals surface area contributed by atoms with Crippen molar-refractivity contribution in [3.8, 4) is 0 Å². The van der Waals surface area contributed by atoms with Gasteiger partial charge in [0.1, 0.15) is 0 Å². The van der Waals surface area contributed by atoms with E-state index in [1.807, 2.05) is 0 Å². The Morgan fingerprint density at radius 3 is 2.00 bits per heavy atom. The Balaban J connectivity index is 0.000000187. The molecule has 0 aromatic carbocycles. The summed E-state index contributed by atoms with van der Waals surface area (Å²) in [6, 6.07) is 0. The molecule has 60 valence electrons. The van der Waals surface area contributed by atoms with Crippen molar-refractivity contribution in [2.24, 2.45) is 5.73 Å². The molecule has 2 nitrogen and oxygen atoms in total. The van der Waals surface area contributed by atoms with Crippen LogP contribution in [0.2, 0.25) is 0 Å². The summed E-state index contributed by atoms with van der Waals surface area (Å²) in [5.41, 5.74) is 5.23. The summed E-state index contributed by atoms with van der Waals surface area (Å²) in [4.78, 5) is 2.31. The van der Waals surface area contributed by atoms with E-state index < -0.39 is 0 Å². The van der Waals surface area contributed by atoms with Crippen molar-refractivity contribution in [3.05, 3.63) is 0 Å². The first-order valence-corrected chi connectivity index (χ1v) is 5.31. The van der Waals surface area contributed by atoms with Crippen molar-refractivity contribution in [1.82, 2.24) is 4.90 Å². The van der Waals surface area contributed by atoms with Gasteiger partial charge in [-0.15, -0.1) is 0 Å². The second kappa shape index (κ2) is 7.10. The van der Waals surface area contributed by atoms with E-state index in [4.69, 9.17) is 26.1 Å². The third kappa shape index (κ3) is 8.99. The molecule has 1 fully saturated rings. The molecule has 0 spiro atoms. The van der Waals surface area contributed by atoms with E-state index in [0.29, 0.717) is 12.7 Å². The molecular weight excluding hydrogens is 206 g/mol. The van der Waals surface area contributed by atoms with Crippen molar-refractivity contribution < 1.29 is 12.7 Å². The minimum atomic E-state index is 0.569. The van der Waals surface area contributed by atoms with E-state index in [0.717, 1.165) is 13.1 Å². The van der Waals surface area contributed by atoms with Crippen LogP contribution >= 0.6 is 20.4 Å². The molecule has 1 saturated heterocycles. The normalized spacial score (nSPS) is 16.8. The van der Waals surface area contributed by atoms with Crippen LogP contribution in [0.5, 0.6) is 0 Å². The van der Waals surface area contributed by atoms with E-state index in [1.54, 1.807) is 0 Å². The summed E-state index contributed by atoms with van der Waals surface area (Å²) in [6.07, 6.45) is 0. The van der Waals surface area contributed by atoms with Crippen LogP contribution in [0.25, 0.3) is 0 Å². The van der Waals surface area contributed by atoms with E-state index in [9.17, 15) is 0 Å². The standard InChI is InChI=1S/C4H10N2.2ClH.Ni/c5-1-2-6-3-4-6;;;/h1-5H2;2*1H;/q;;;+2/p-2. The van der Waals surface area contributed by atoms with Gasteiger partial charge >= 0.3 is 33.0 Å². The Morgan fingerprint density at radius 2 is 1.89 bits per heavy atom. The number of halogens is 2. The van der Waals surface area contributed by atoms with Gasteiger partial charge in [0.15, 0.2) is 0 Å². The second-order valence-corrected chi connectivity index (χ2v) is 3.31. The third-order valence-corrected chi connectivity index (χ3v) is 0.985. The third-order valence-electron chi connectivity index (χ3n) is 0.985. The summed E-state index contributed by atoms with van der Waals surface area (Å²) in [5, 5.41) is 0. The molecule has 0 bridgehead atoms. The van der Waals surface area contributed by atoms with E-state index >= 15 is 0 Å². The molecule has 9 heavy (non-hydrogen) atoms. The van der Waals surface area contributed by atoms with Gasteiger partial charge in [-0.1, -0.05) is 0 Å². The fourth-order valence-corrected chi connectivity index (χ4v) is 0.477. The Bertz CT molecular complexity index is 60.5. The molecule has 1 aliphatic rings. The monoisotopic (exact) mass is 214 g/mol. The predicted molar refractivity (Wildman–Crippen MR) is 37.2 cm³/mol. The minimum absolute atomic E-state index is 0.569. The zero-order valence-electron chi connectivity index (χ0n) is 4.93. The van der Waals surface area contributed by atoms with E-state index in [-0.39, 0.29) is 0 Å². The summed E-state index contributed by atoms with van der Waals surface area (Å²) in [7, 11) is 9.40. The SMILES string of the molecule is NCCN1CC1.[Cl][Ni][Cl]. The molecule has 0 aromatic heterocycles. The summed E-state index contributed by atoms with van der Waals surface area (Å²) in [6.45, 7) is 4.47. The van der Waals surface area contributed by atoms with Gasteiger partial charge in [0.2, 0.25) is 0 Å². The average molecular weight is 216 g/mol. The Hall–Kier alpha value is 0.994. The first-order valence-electron chi connectivity index (χ1n) is 2.60. The van der Waals surface area contributed by atoms with Crippen LogP contribution in [-0.2, 0) is 12.7 Å². The van der Waals surface area contributed by atoms with Crippen molar-refractivity contribution in [2.45, 2.75) is 0 Å². The van der Waals surface area contributed by atoms with Gasteiger partial charge in [0, 0.05) is 26.2 Å². The molecule has 0 radical (unpaired) electrons. The van der Waals surface area contributed by atoms with Crippen LogP contribution in [0.15, 0.2) is 0 Å². The van der Waals surface area contributed by atoms with Gasteiger partial charge < -0.3 is 5.73 Å². The quantitative estimate of drug-likeness (QED) is 0.541. The van der Waals surface area contributed by atoms with Gasteiger partial charge in [-0.3, -0.25) is 4.90 Å². The second-order valence-electron chi connectivity index (χ2n) is 1.68. The molecule has 0 unspecified atom stereocenters. The maximum atomic E-state index is 5.23. The van der Waals surface area contributed by atoms with E-state index in [1.165, 1.54) is 13.1 Å². The molecule has 0 aromatic rings. The van der Waals surface area contributed by atoms with Crippen molar-refractivity contribution in [3.63, 3.8) is 0 Å². The van der Waals surface area contributed by atoms with Crippen LogP contribution in [0, 0.1) is 0 Å². The van der Waals surface area contributed by atoms with Gasteiger partial charge in [-0.2, -0.15) is 0 Å². The van der Waals surface area contributed by atoms with Gasteiger partial charge in [0.25, 0.3) is 0 Å². The molecule has 0 amide bonds. The fraction of sp³-hybridized carbons (Fsp3) is 1.00. The van der Waals surface area contributed by atoms with Crippen LogP contribution in [0.3, 0.4) is 0 Å². The summed E-state index contributed by atoms with van der Waals surface area (Å²) in [5.74, 6) is 0. The number of hydrogen-bond donors (Lipinski definition) is 1. The zero-order chi connectivity index (χ0) is 7.11. The molecule has 1 heterocycles. The van der Waals surface area contributed by atoms with Crippen molar-refractivity contribution in [2.75, 3.05) is 26.2 Å². The van der Waals surface area contributed by atoms with Crippen LogP contribution < -0.4 is 5.73 Å². The number of hydrogen-bond acceptors (Lipinski definition) is 2. The van der Waals surface area contributed by atoms with Crippen LogP contribution in [0.4, 0.5) is 0 Å². The van der Waals surface area contributed by atoms with E-state index in [2.05, 4.69) is 4.90 Å². The molecule has 0 atom stereocenters. The molecule has 2 N–H and O–H groups in total. The van der Waals surface area contributed by atoms with Crippen LogP contribution in [-0.4, -0.2) is 31.1 Å². The molecule has 1 aliphatic heterocycles. The first-order chi connectivity index (χ1) is 4.35. The molecule has 0 saturated carbocycles. The first kappa shape index (κ1) is 9.99. The van der Waals surface area contributed by atoms with Gasteiger partial charge in [-0.25, -0.2) is 0 Å². The molecule has 5 heteroatoms. The average Bonchev–Trinajstić information content (AvgIpc) is 2.53. The summed E-state index contributed by atoms with van der Waals surface area (Å²) >= 11 is 0.569.